The monoisotopic (exact) mass is 719 g/mol. The van der Waals surface area contributed by atoms with Gasteiger partial charge in [-0.15, -0.1) is 5.10 Å². The summed E-state index contributed by atoms with van der Waals surface area (Å²) in [5.41, 5.74) is 2.71. The Morgan fingerprint density at radius 2 is 1.71 bits per heavy atom. The van der Waals surface area contributed by atoms with Gasteiger partial charge in [-0.3, -0.25) is 19.2 Å². The smallest absolute Gasteiger partial charge is 0.266 e. The molecule has 2 N–H and O–H groups in total. The lowest BCUT2D eigenvalue weighted by Gasteiger charge is -2.28. The predicted octanol–water partition coefficient (Wildman–Crippen LogP) is 6.68. The maximum Gasteiger partial charge on any atom is 0.266 e. The van der Waals surface area contributed by atoms with E-state index in [1.54, 1.807) is 38.9 Å². The highest BCUT2D eigenvalue weighted by Gasteiger charge is 2.52. The van der Waals surface area contributed by atoms with Crippen LogP contribution in [-0.2, 0) is 29.9 Å². The normalized spacial score (nSPS) is 17.5. The SMILES string of the molecule is C[C@@H](/C=C/CCn1cc(CCO)nn1)[C@]1(O)C(=O)N(Cc2ccc(N3C(=O)c4ccccc4Oc4ccccc43)cc2)c2ccc(Br)cc21. The summed E-state index contributed by atoms with van der Waals surface area (Å²) in [4.78, 5) is 31.2. The molecule has 2 aliphatic heterocycles. The van der Waals surface area contributed by atoms with Crippen molar-refractivity contribution in [3.63, 3.8) is 0 Å². The van der Waals surface area contributed by atoms with Gasteiger partial charge in [0.15, 0.2) is 11.4 Å². The molecule has 0 spiro atoms. The number of aryl methyl sites for hydroxylation is 1. The average molecular weight is 721 g/mol. The minimum atomic E-state index is -1.77. The number of halogens is 1. The minimum absolute atomic E-state index is 0.0164. The molecule has 0 fully saturated rings. The largest absolute Gasteiger partial charge is 0.454 e. The van der Waals surface area contributed by atoms with Crippen molar-refractivity contribution in [1.82, 2.24) is 15.0 Å². The van der Waals surface area contributed by atoms with Gasteiger partial charge in [-0.25, -0.2) is 0 Å². The number of allylic oxidation sites excluding steroid dienone is 1. The summed E-state index contributed by atoms with van der Waals surface area (Å²) in [6.07, 6.45) is 6.69. The number of aromatic nitrogens is 3. The van der Waals surface area contributed by atoms with E-state index in [0.29, 0.717) is 59.1 Å². The number of hydrogen-bond acceptors (Lipinski definition) is 7. The molecule has 2 atom stereocenters. The van der Waals surface area contributed by atoms with Crippen LogP contribution in [0.2, 0.25) is 0 Å². The predicted molar refractivity (Wildman–Crippen MR) is 189 cm³/mol. The third kappa shape index (κ3) is 6.05. The molecule has 0 saturated heterocycles. The number of amides is 2. The van der Waals surface area contributed by atoms with Crippen LogP contribution in [0.25, 0.3) is 0 Å². The van der Waals surface area contributed by atoms with Gasteiger partial charge in [-0.2, -0.15) is 0 Å². The molecule has 0 aliphatic carbocycles. The fourth-order valence-electron chi connectivity index (χ4n) is 6.40. The Labute approximate surface area is 292 Å². The Hall–Kier alpha value is -5.10. The zero-order valence-electron chi connectivity index (χ0n) is 26.7. The van der Waals surface area contributed by atoms with Gasteiger partial charge in [0, 0.05) is 47.4 Å². The van der Waals surface area contributed by atoms with Crippen LogP contribution in [-0.4, -0.2) is 43.6 Å². The van der Waals surface area contributed by atoms with Crippen molar-refractivity contribution >= 4 is 44.8 Å². The molecule has 11 heteroatoms. The van der Waals surface area contributed by atoms with Crippen molar-refractivity contribution in [1.29, 1.82) is 0 Å². The number of anilines is 3. The quantitative estimate of drug-likeness (QED) is 0.155. The molecule has 10 nitrogen and oxygen atoms in total. The summed E-state index contributed by atoms with van der Waals surface area (Å²) in [6.45, 7) is 2.66. The van der Waals surface area contributed by atoms with Gasteiger partial charge in [0.25, 0.3) is 11.8 Å². The summed E-state index contributed by atoms with van der Waals surface area (Å²) in [6, 6.07) is 27.6. The van der Waals surface area contributed by atoms with Crippen molar-refractivity contribution in [2.75, 3.05) is 16.4 Å². The maximum absolute atomic E-state index is 14.1. The van der Waals surface area contributed by atoms with Crippen molar-refractivity contribution in [2.45, 2.75) is 38.5 Å². The average Bonchev–Trinajstić information content (AvgIpc) is 3.60. The van der Waals surface area contributed by atoms with Crippen LogP contribution in [0, 0.1) is 5.92 Å². The van der Waals surface area contributed by atoms with E-state index < -0.39 is 17.4 Å². The van der Waals surface area contributed by atoms with Crippen molar-refractivity contribution < 1.29 is 24.5 Å². The molecule has 3 heterocycles. The van der Waals surface area contributed by atoms with E-state index in [1.807, 2.05) is 91.9 Å². The van der Waals surface area contributed by atoms with E-state index >= 15 is 0 Å². The van der Waals surface area contributed by atoms with Crippen LogP contribution in [0.5, 0.6) is 11.5 Å². The molecular formula is C38H34BrN5O5. The number of rotatable bonds is 10. The fraction of sp³-hybridized carbons (Fsp3) is 0.211. The van der Waals surface area contributed by atoms with E-state index in [2.05, 4.69) is 26.2 Å². The van der Waals surface area contributed by atoms with Crippen molar-refractivity contribution in [3.8, 4) is 11.5 Å². The first-order valence-electron chi connectivity index (χ1n) is 16.1. The minimum Gasteiger partial charge on any atom is -0.454 e. The number of para-hydroxylation sites is 3. The molecule has 248 valence electrons. The lowest BCUT2D eigenvalue weighted by atomic mass is 9.83. The zero-order valence-corrected chi connectivity index (χ0v) is 28.3. The van der Waals surface area contributed by atoms with Crippen LogP contribution < -0.4 is 14.5 Å². The third-order valence-corrected chi connectivity index (χ3v) is 9.47. The second-order valence-corrected chi connectivity index (χ2v) is 13.1. The Morgan fingerprint density at radius 1 is 0.959 bits per heavy atom. The highest BCUT2D eigenvalue weighted by molar-refractivity contribution is 9.10. The molecular weight excluding hydrogens is 686 g/mol. The molecule has 0 radical (unpaired) electrons. The molecule has 4 aromatic carbocycles. The number of carbonyl (C=O) groups excluding carboxylic acids is 2. The highest BCUT2D eigenvalue weighted by atomic mass is 79.9. The molecule has 1 aromatic heterocycles. The number of fused-ring (bicyclic) bond motifs is 3. The summed E-state index contributed by atoms with van der Waals surface area (Å²) in [7, 11) is 0. The molecule has 5 aromatic rings. The van der Waals surface area contributed by atoms with Crippen molar-refractivity contribution in [2.24, 2.45) is 5.92 Å². The van der Waals surface area contributed by atoms with Gasteiger partial charge in [-0.1, -0.05) is 76.6 Å². The van der Waals surface area contributed by atoms with Crippen LogP contribution in [0.4, 0.5) is 17.1 Å². The van der Waals surface area contributed by atoms with Gasteiger partial charge in [0.2, 0.25) is 0 Å². The van der Waals surface area contributed by atoms with E-state index in [1.165, 1.54) is 0 Å². The van der Waals surface area contributed by atoms with Crippen molar-refractivity contribution in [3.05, 3.63) is 136 Å². The first-order valence-corrected chi connectivity index (χ1v) is 16.9. The molecule has 0 saturated carbocycles. The summed E-state index contributed by atoms with van der Waals surface area (Å²) >= 11 is 3.52. The fourth-order valence-corrected chi connectivity index (χ4v) is 6.76. The maximum atomic E-state index is 14.1. The molecule has 49 heavy (non-hydrogen) atoms. The number of hydrogen-bond donors (Lipinski definition) is 2. The van der Waals surface area contributed by atoms with Gasteiger partial charge < -0.3 is 19.8 Å². The van der Waals surface area contributed by atoms with Gasteiger partial charge in [0.05, 0.1) is 29.2 Å². The summed E-state index contributed by atoms with van der Waals surface area (Å²) in [5, 5.41) is 29.3. The van der Waals surface area contributed by atoms with Gasteiger partial charge in [0.1, 0.15) is 5.75 Å². The van der Waals surface area contributed by atoms with Crippen LogP contribution in [0.3, 0.4) is 0 Å². The standard InChI is InChI=1S/C38H34BrN5O5/c1-25(8-6-7-20-42-24-28(19-21-45)40-41-42)38(48)31-22-27(39)15-18-32(31)43(37(38)47)23-26-13-16-29(17-14-26)44-33-10-3-5-12-35(33)49-34-11-4-2-9-30(34)36(44)46/h2-6,8-18,22,24-25,45,48H,7,19-21,23H2,1H3/b8-6+/t25-,38+/m0/s1. The lowest BCUT2D eigenvalue weighted by molar-refractivity contribution is -0.139. The lowest BCUT2D eigenvalue weighted by Crippen LogP contribution is -2.44. The topological polar surface area (TPSA) is 121 Å². The summed E-state index contributed by atoms with van der Waals surface area (Å²) < 4.78 is 8.61. The Morgan fingerprint density at radius 3 is 2.51 bits per heavy atom. The Bertz CT molecular complexity index is 2060. The summed E-state index contributed by atoms with van der Waals surface area (Å²) in [5.74, 6) is -0.0697. The molecule has 0 unspecified atom stereocenters. The second-order valence-electron chi connectivity index (χ2n) is 12.1. The van der Waals surface area contributed by atoms with E-state index in [0.717, 1.165) is 15.7 Å². The third-order valence-electron chi connectivity index (χ3n) is 8.98. The van der Waals surface area contributed by atoms with Gasteiger partial charge >= 0.3 is 0 Å². The zero-order chi connectivity index (χ0) is 34.1. The second kappa shape index (κ2) is 13.4. The number of aliphatic hydroxyl groups excluding tert-OH is 1. The molecule has 0 bridgehead atoms. The number of ether oxygens (including phenoxy) is 1. The number of nitrogens with zero attached hydrogens (tertiary/aromatic N) is 5. The van der Waals surface area contributed by atoms with E-state index in [4.69, 9.17) is 9.84 Å². The van der Waals surface area contributed by atoms with E-state index in [9.17, 15) is 14.7 Å². The molecule has 2 aliphatic rings. The van der Waals surface area contributed by atoms with Gasteiger partial charge in [-0.05, 0) is 66.6 Å². The van der Waals surface area contributed by atoms with Crippen LogP contribution in [0.1, 0.15) is 40.5 Å². The molecule has 2 amide bonds. The Balaban J connectivity index is 1.12. The highest BCUT2D eigenvalue weighted by Crippen LogP contribution is 2.47. The first-order chi connectivity index (χ1) is 23.8. The van der Waals surface area contributed by atoms with Crippen LogP contribution in [0.15, 0.2) is 114 Å². The molecule has 7 rings (SSSR count). The number of carbonyl (C=O) groups is 2. The number of aliphatic hydroxyl groups is 2. The van der Waals surface area contributed by atoms with Crippen LogP contribution >= 0.6 is 15.9 Å². The Kier molecular flexibility index (Phi) is 8.89. The number of benzene rings is 4. The van der Waals surface area contributed by atoms with E-state index in [-0.39, 0.29) is 19.1 Å². The first kappa shape index (κ1) is 32.4.